The molecule has 0 fully saturated rings. The Kier molecular flexibility index (Phi) is 3.88. The predicted molar refractivity (Wildman–Crippen MR) is 77.2 cm³/mol. The summed E-state index contributed by atoms with van der Waals surface area (Å²) in [4.78, 5) is 12.4. The van der Waals surface area contributed by atoms with E-state index in [1.54, 1.807) is 0 Å². The number of fused-ring (bicyclic) bond motifs is 1. The van der Waals surface area contributed by atoms with Gasteiger partial charge in [0.2, 0.25) is 0 Å². The number of aromatic nitrogens is 2. The van der Waals surface area contributed by atoms with Crippen LogP contribution in [0.3, 0.4) is 0 Å². The number of benzene rings is 1. The van der Waals surface area contributed by atoms with Crippen molar-refractivity contribution in [1.82, 2.24) is 15.5 Å². The van der Waals surface area contributed by atoms with Gasteiger partial charge in [-0.1, -0.05) is 39.0 Å². The molecule has 0 aliphatic carbocycles. The lowest BCUT2D eigenvalue weighted by molar-refractivity contribution is 0.0884. The molecule has 0 saturated heterocycles. The van der Waals surface area contributed by atoms with Crippen LogP contribution < -0.4 is 5.32 Å². The molecule has 0 spiro atoms. The van der Waals surface area contributed by atoms with Gasteiger partial charge in [-0.05, 0) is 25.3 Å². The molecule has 1 heterocycles. The van der Waals surface area contributed by atoms with Gasteiger partial charge >= 0.3 is 0 Å². The van der Waals surface area contributed by atoms with E-state index in [-0.39, 0.29) is 11.4 Å². The van der Waals surface area contributed by atoms with Crippen molar-refractivity contribution in [2.24, 2.45) is 0 Å². The molecule has 102 valence electrons. The molecule has 2 N–H and O–H groups in total. The van der Waals surface area contributed by atoms with E-state index in [4.69, 9.17) is 0 Å². The number of nitrogens with zero attached hydrogens (tertiary/aromatic N) is 1. The van der Waals surface area contributed by atoms with Gasteiger partial charge in [0.15, 0.2) is 5.69 Å². The molecule has 2 rings (SSSR count). The fraction of sp³-hybridized carbons (Fsp3) is 0.467. The van der Waals surface area contributed by atoms with Gasteiger partial charge in [0.05, 0.1) is 5.52 Å². The number of carbonyl (C=O) groups excluding carboxylic acids is 1. The van der Waals surface area contributed by atoms with Crippen LogP contribution in [-0.2, 0) is 0 Å². The van der Waals surface area contributed by atoms with Gasteiger partial charge in [-0.3, -0.25) is 9.89 Å². The number of hydrogen-bond donors (Lipinski definition) is 2. The van der Waals surface area contributed by atoms with Gasteiger partial charge < -0.3 is 5.32 Å². The van der Waals surface area contributed by atoms with E-state index in [1.807, 2.05) is 24.3 Å². The zero-order chi connectivity index (χ0) is 13.9. The maximum absolute atomic E-state index is 12.4. The molecule has 1 aromatic carbocycles. The van der Waals surface area contributed by atoms with E-state index in [1.165, 1.54) is 0 Å². The summed E-state index contributed by atoms with van der Waals surface area (Å²) in [5.74, 6) is -0.0944. The van der Waals surface area contributed by atoms with Crippen LogP contribution in [0.1, 0.15) is 50.5 Å². The quantitative estimate of drug-likeness (QED) is 0.865. The molecule has 4 heteroatoms. The highest BCUT2D eigenvalue weighted by molar-refractivity contribution is 6.04. The van der Waals surface area contributed by atoms with Crippen molar-refractivity contribution in [3.8, 4) is 0 Å². The molecule has 0 radical (unpaired) electrons. The predicted octanol–water partition coefficient (Wildman–Crippen LogP) is 3.26. The van der Waals surface area contributed by atoms with Crippen LogP contribution >= 0.6 is 0 Å². The van der Waals surface area contributed by atoms with E-state index in [0.717, 1.165) is 30.2 Å². The van der Waals surface area contributed by atoms with Crippen LogP contribution in [0, 0.1) is 0 Å². The topological polar surface area (TPSA) is 57.8 Å². The molecule has 19 heavy (non-hydrogen) atoms. The minimum atomic E-state index is -0.128. The van der Waals surface area contributed by atoms with Gasteiger partial charge in [-0.2, -0.15) is 5.10 Å². The molecule has 0 aliphatic rings. The Balaban J connectivity index is 2.29. The minimum absolute atomic E-state index is 0.0944. The summed E-state index contributed by atoms with van der Waals surface area (Å²) >= 11 is 0. The summed E-state index contributed by atoms with van der Waals surface area (Å²) in [6.07, 6.45) is 2.77. The van der Waals surface area contributed by atoms with E-state index in [0.29, 0.717) is 5.69 Å². The lowest BCUT2D eigenvalue weighted by atomic mass is 9.89. The fourth-order valence-corrected chi connectivity index (χ4v) is 2.45. The maximum atomic E-state index is 12.4. The van der Waals surface area contributed by atoms with Crippen molar-refractivity contribution in [2.75, 3.05) is 0 Å². The Bertz CT molecular complexity index is 561. The molecule has 0 atom stereocenters. The summed E-state index contributed by atoms with van der Waals surface area (Å²) in [5, 5.41) is 11.1. The first-order valence-electron chi connectivity index (χ1n) is 6.91. The van der Waals surface area contributed by atoms with E-state index in [2.05, 4.69) is 36.3 Å². The van der Waals surface area contributed by atoms with E-state index >= 15 is 0 Å². The van der Waals surface area contributed by atoms with Gasteiger partial charge in [0.1, 0.15) is 0 Å². The van der Waals surface area contributed by atoms with Crippen molar-refractivity contribution in [3.05, 3.63) is 30.0 Å². The van der Waals surface area contributed by atoms with Crippen LogP contribution in [0.4, 0.5) is 0 Å². The van der Waals surface area contributed by atoms with Gasteiger partial charge in [0, 0.05) is 10.9 Å². The second-order valence-electron chi connectivity index (χ2n) is 4.91. The molecule has 1 amide bonds. The summed E-state index contributed by atoms with van der Waals surface area (Å²) in [7, 11) is 0. The zero-order valence-corrected chi connectivity index (χ0v) is 11.8. The van der Waals surface area contributed by atoms with Gasteiger partial charge in [-0.25, -0.2) is 0 Å². The molecule has 0 saturated carbocycles. The second-order valence-corrected chi connectivity index (χ2v) is 4.91. The van der Waals surface area contributed by atoms with Crippen LogP contribution in [0.5, 0.6) is 0 Å². The minimum Gasteiger partial charge on any atom is -0.345 e. The first-order valence-corrected chi connectivity index (χ1v) is 6.91. The molecular formula is C15H21N3O. The SMILES string of the molecule is CCC(CC)(CC)NC(=O)c1n[nH]c2ccccc12. The number of carbonyl (C=O) groups is 1. The maximum Gasteiger partial charge on any atom is 0.272 e. The highest BCUT2D eigenvalue weighted by Crippen LogP contribution is 2.21. The molecule has 0 unspecified atom stereocenters. The first-order chi connectivity index (χ1) is 9.15. The molecule has 2 aromatic rings. The van der Waals surface area contributed by atoms with Gasteiger partial charge in [-0.15, -0.1) is 0 Å². The Hall–Kier alpha value is -1.84. The third-order valence-electron chi connectivity index (χ3n) is 4.09. The summed E-state index contributed by atoms with van der Waals surface area (Å²) in [5.41, 5.74) is 1.25. The standard InChI is InChI=1S/C15H21N3O/c1-4-15(5-2,6-3)16-14(19)13-11-9-7-8-10-12(11)17-18-13/h7-10H,4-6H2,1-3H3,(H,16,19)(H,17,18). The Morgan fingerprint density at radius 3 is 2.47 bits per heavy atom. The first kappa shape index (κ1) is 13.6. The van der Waals surface area contributed by atoms with Crippen molar-refractivity contribution in [2.45, 2.75) is 45.6 Å². The fourth-order valence-electron chi connectivity index (χ4n) is 2.45. The Morgan fingerprint density at radius 1 is 1.21 bits per heavy atom. The summed E-state index contributed by atoms with van der Waals surface area (Å²) in [6, 6.07) is 7.68. The van der Waals surface area contributed by atoms with E-state index < -0.39 is 0 Å². The lowest BCUT2D eigenvalue weighted by Gasteiger charge is -2.31. The van der Waals surface area contributed by atoms with Crippen molar-refractivity contribution < 1.29 is 4.79 Å². The molecular weight excluding hydrogens is 238 g/mol. The van der Waals surface area contributed by atoms with Crippen LogP contribution in [0.25, 0.3) is 10.9 Å². The normalized spacial score (nSPS) is 11.7. The second kappa shape index (κ2) is 5.43. The van der Waals surface area contributed by atoms with Crippen molar-refractivity contribution in [3.63, 3.8) is 0 Å². The summed E-state index contributed by atoms with van der Waals surface area (Å²) in [6.45, 7) is 6.32. The third-order valence-corrected chi connectivity index (χ3v) is 4.09. The number of amides is 1. The molecule has 4 nitrogen and oxygen atoms in total. The van der Waals surface area contributed by atoms with Crippen LogP contribution in [0.15, 0.2) is 24.3 Å². The number of rotatable bonds is 5. The Labute approximate surface area is 113 Å². The largest absolute Gasteiger partial charge is 0.345 e. The third kappa shape index (κ3) is 2.48. The summed E-state index contributed by atoms with van der Waals surface area (Å²) < 4.78 is 0. The number of aromatic amines is 1. The van der Waals surface area contributed by atoms with E-state index in [9.17, 15) is 4.79 Å². The smallest absolute Gasteiger partial charge is 0.272 e. The average molecular weight is 259 g/mol. The molecule has 0 aliphatic heterocycles. The molecule has 1 aromatic heterocycles. The monoisotopic (exact) mass is 259 g/mol. The highest BCUT2D eigenvalue weighted by Gasteiger charge is 2.27. The number of hydrogen-bond acceptors (Lipinski definition) is 2. The Morgan fingerprint density at radius 2 is 1.84 bits per heavy atom. The van der Waals surface area contributed by atoms with Crippen LogP contribution in [-0.4, -0.2) is 21.6 Å². The highest BCUT2D eigenvalue weighted by atomic mass is 16.2. The number of para-hydroxylation sites is 1. The number of nitrogens with one attached hydrogen (secondary N) is 2. The van der Waals surface area contributed by atoms with Crippen molar-refractivity contribution >= 4 is 16.8 Å². The number of H-pyrrole nitrogens is 1. The zero-order valence-electron chi connectivity index (χ0n) is 11.8. The molecule has 0 bridgehead atoms. The lowest BCUT2D eigenvalue weighted by Crippen LogP contribution is -2.47. The van der Waals surface area contributed by atoms with Crippen molar-refractivity contribution in [1.29, 1.82) is 0 Å². The van der Waals surface area contributed by atoms with Crippen LogP contribution in [0.2, 0.25) is 0 Å². The average Bonchev–Trinajstić information content (AvgIpc) is 2.89. The van der Waals surface area contributed by atoms with Gasteiger partial charge in [0.25, 0.3) is 5.91 Å².